The van der Waals surface area contributed by atoms with Crippen molar-refractivity contribution in [1.29, 1.82) is 0 Å². The molecule has 0 amide bonds. The summed E-state index contributed by atoms with van der Waals surface area (Å²) in [7, 11) is 0. The summed E-state index contributed by atoms with van der Waals surface area (Å²) >= 11 is 0. The third kappa shape index (κ3) is 5.52. The van der Waals surface area contributed by atoms with E-state index in [2.05, 4.69) is 27.7 Å². The highest BCUT2D eigenvalue weighted by molar-refractivity contribution is 5.43. The van der Waals surface area contributed by atoms with Crippen LogP contribution < -0.4 is 0 Å². The highest BCUT2D eigenvalue weighted by Gasteiger charge is 2.11. The van der Waals surface area contributed by atoms with Gasteiger partial charge in [-0.2, -0.15) is 0 Å². The largest absolute Gasteiger partial charge is 0.507 e. The van der Waals surface area contributed by atoms with Gasteiger partial charge in [0.25, 0.3) is 0 Å². The zero-order valence-corrected chi connectivity index (χ0v) is 12.0. The Kier molecular flexibility index (Phi) is 7.64. The number of aromatic hydroxyl groups is 1. The van der Waals surface area contributed by atoms with Crippen LogP contribution in [-0.2, 0) is 0 Å². The van der Waals surface area contributed by atoms with Crippen molar-refractivity contribution in [3.63, 3.8) is 0 Å². The molecule has 3 nitrogen and oxygen atoms in total. The first-order valence-corrected chi connectivity index (χ1v) is 6.41. The molecule has 0 saturated carbocycles. The number of phenols is 1. The smallest absolute Gasteiger partial charge is 0.122 e. The summed E-state index contributed by atoms with van der Waals surface area (Å²) in [6, 6.07) is 6.00. The van der Waals surface area contributed by atoms with Gasteiger partial charge in [-0.25, -0.2) is 0 Å². The molecule has 1 aromatic carbocycles. The second kappa shape index (κ2) is 8.11. The fourth-order valence-corrected chi connectivity index (χ4v) is 1.51. The zero-order valence-electron chi connectivity index (χ0n) is 12.0. The number of phenolic OH excluding ortho intramolecular Hbond substituents is 1. The van der Waals surface area contributed by atoms with Crippen LogP contribution in [0.1, 0.15) is 57.6 Å². The van der Waals surface area contributed by atoms with Crippen molar-refractivity contribution >= 4 is 0 Å². The lowest BCUT2D eigenvalue weighted by molar-refractivity contribution is 0.110. The first-order chi connectivity index (χ1) is 8.31. The lowest BCUT2D eigenvalue weighted by Crippen LogP contribution is -2.03. The normalized spacial score (nSPS) is 12.3. The predicted octanol–water partition coefficient (Wildman–Crippen LogP) is 3.00. The molecule has 0 radical (unpaired) electrons. The highest BCUT2D eigenvalue weighted by atomic mass is 16.3. The molecule has 0 heterocycles. The molecular formula is C15H26O3. The molecule has 0 aliphatic rings. The number of hydrogen-bond acceptors (Lipinski definition) is 3. The van der Waals surface area contributed by atoms with Gasteiger partial charge in [-0.1, -0.05) is 45.9 Å². The van der Waals surface area contributed by atoms with E-state index in [4.69, 9.17) is 10.2 Å². The number of rotatable bonds is 3. The fourth-order valence-electron chi connectivity index (χ4n) is 1.51. The van der Waals surface area contributed by atoms with Gasteiger partial charge in [0.05, 0.1) is 12.7 Å². The first kappa shape index (κ1) is 16.9. The Morgan fingerprint density at radius 1 is 0.944 bits per heavy atom. The fraction of sp³-hybridized carbons (Fsp3) is 0.600. The van der Waals surface area contributed by atoms with Gasteiger partial charge in [0.2, 0.25) is 0 Å². The number of aliphatic hydroxyl groups excluding tert-OH is 2. The maximum atomic E-state index is 9.93. The van der Waals surface area contributed by atoms with Gasteiger partial charge in [-0.3, -0.25) is 0 Å². The van der Waals surface area contributed by atoms with Gasteiger partial charge in [0.1, 0.15) is 5.75 Å². The van der Waals surface area contributed by atoms with E-state index < -0.39 is 6.10 Å². The minimum Gasteiger partial charge on any atom is -0.507 e. The molecule has 1 unspecified atom stereocenters. The Morgan fingerprint density at radius 2 is 1.28 bits per heavy atom. The van der Waals surface area contributed by atoms with Crippen molar-refractivity contribution in [3.05, 3.63) is 29.3 Å². The third-order valence-corrected chi connectivity index (χ3v) is 2.61. The average Bonchev–Trinajstić information content (AvgIpc) is 2.29. The van der Waals surface area contributed by atoms with Gasteiger partial charge in [-0.05, 0) is 29.9 Å². The van der Waals surface area contributed by atoms with Crippen LogP contribution in [0.4, 0.5) is 0 Å². The van der Waals surface area contributed by atoms with Crippen LogP contribution in [-0.4, -0.2) is 28.0 Å². The van der Waals surface area contributed by atoms with Crippen molar-refractivity contribution in [1.82, 2.24) is 0 Å². The highest BCUT2D eigenvalue weighted by Crippen LogP contribution is 2.32. The van der Waals surface area contributed by atoms with Gasteiger partial charge in [-0.15, -0.1) is 0 Å². The van der Waals surface area contributed by atoms with Crippen molar-refractivity contribution in [2.75, 3.05) is 6.61 Å². The van der Waals surface area contributed by atoms with E-state index >= 15 is 0 Å². The zero-order chi connectivity index (χ0) is 14.3. The van der Waals surface area contributed by atoms with Crippen LogP contribution >= 0.6 is 0 Å². The third-order valence-electron chi connectivity index (χ3n) is 2.61. The summed E-state index contributed by atoms with van der Waals surface area (Å²) in [6.45, 7) is 9.77. The molecule has 0 aromatic heterocycles. The van der Waals surface area contributed by atoms with Crippen molar-refractivity contribution in [2.45, 2.75) is 52.6 Å². The van der Waals surface area contributed by atoms with Crippen LogP contribution in [0, 0.1) is 0 Å². The molecule has 1 rings (SSSR count). The Morgan fingerprint density at radius 3 is 1.50 bits per heavy atom. The second-order valence-electron chi connectivity index (χ2n) is 5.13. The Hall–Kier alpha value is -1.06. The SMILES string of the molecule is CC(C)c1cccc(C(C)C)c1O.CC(O)CO. The average molecular weight is 254 g/mol. The molecule has 1 aromatic rings. The number of hydrogen-bond donors (Lipinski definition) is 3. The van der Waals surface area contributed by atoms with Gasteiger partial charge >= 0.3 is 0 Å². The van der Waals surface area contributed by atoms with Crippen molar-refractivity contribution in [3.8, 4) is 5.75 Å². The Bertz CT molecular complexity index is 317. The van der Waals surface area contributed by atoms with E-state index in [0.29, 0.717) is 17.6 Å². The molecule has 0 fully saturated rings. The maximum Gasteiger partial charge on any atom is 0.122 e. The van der Waals surface area contributed by atoms with E-state index in [1.54, 1.807) is 0 Å². The lowest BCUT2D eigenvalue weighted by Gasteiger charge is -2.14. The van der Waals surface area contributed by atoms with E-state index in [-0.39, 0.29) is 6.61 Å². The summed E-state index contributed by atoms with van der Waals surface area (Å²) in [5.41, 5.74) is 2.09. The van der Waals surface area contributed by atoms with Crippen LogP contribution in [0.3, 0.4) is 0 Å². The molecule has 18 heavy (non-hydrogen) atoms. The quantitative estimate of drug-likeness (QED) is 0.777. The molecule has 3 N–H and O–H groups in total. The molecule has 0 aliphatic heterocycles. The lowest BCUT2D eigenvalue weighted by atomic mass is 9.94. The molecule has 3 heteroatoms. The van der Waals surface area contributed by atoms with E-state index in [1.807, 2.05) is 18.2 Å². The predicted molar refractivity (Wildman–Crippen MR) is 75.1 cm³/mol. The molecule has 0 saturated heterocycles. The number of aliphatic hydroxyl groups is 2. The monoisotopic (exact) mass is 254 g/mol. The minimum atomic E-state index is -0.560. The van der Waals surface area contributed by atoms with Crippen molar-refractivity contribution in [2.24, 2.45) is 0 Å². The molecule has 0 spiro atoms. The number of para-hydroxylation sites is 1. The van der Waals surface area contributed by atoms with Gasteiger partial charge < -0.3 is 15.3 Å². The van der Waals surface area contributed by atoms with E-state index in [0.717, 1.165) is 11.1 Å². The maximum absolute atomic E-state index is 9.93. The summed E-state index contributed by atoms with van der Waals surface area (Å²) < 4.78 is 0. The Labute approximate surface area is 110 Å². The van der Waals surface area contributed by atoms with Gasteiger partial charge in [0, 0.05) is 0 Å². The topological polar surface area (TPSA) is 60.7 Å². The van der Waals surface area contributed by atoms with Crippen LogP contribution in [0.25, 0.3) is 0 Å². The second-order valence-corrected chi connectivity index (χ2v) is 5.13. The molecule has 104 valence electrons. The summed E-state index contributed by atoms with van der Waals surface area (Å²) in [5.74, 6) is 1.25. The van der Waals surface area contributed by atoms with Crippen LogP contribution in [0.2, 0.25) is 0 Å². The molecule has 0 bridgehead atoms. The molecule has 1 atom stereocenters. The van der Waals surface area contributed by atoms with Crippen LogP contribution in [0.15, 0.2) is 18.2 Å². The van der Waals surface area contributed by atoms with Gasteiger partial charge in [0.15, 0.2) is 0 Å². The van der Waals surface area contributed by atoms with Crippen molar-refractivity contribution < 1.29 is 15.3 Å². The molecular weight excluding hydrogens is 228 g/mol. The molecule has 0 aliphatic carbocycles. The van der Waals surface area contributed by atoms with E-state index in [9.17, 15) is 5.11 Å². The summed E-state index contributed by atoms with van der Waals surface area (Å²) in [4.78, 5) is 0. The summed E-state index contributed by atoms with van der Waals surface area (Å²) in [5, 5.41) is 25.9. The summed E-state index contributed by atoms with van der Waals surface area (Å²) in [6.07, 6.45) is -0.560. The van der Waals surface area contributed by atoms with E-state index in [1.165, 1.54) is 6.92 Å². The number of benzene rings is 1. The van der Waals surface area contributed by atoms with Crippen LogP contribution in [0.5, 0.6) is 5.75 Å². The minimum absolute atomic E-state index is 0.139. The Balaban J connectivity index is 0.000000494. The standard InChI is InChI=1S/C12H18O.C3H8O2/c1-8(2)10-6-5-7-11(9(3)4)12(10)13;1-3(5)2-4/h5-9,13H,1-4H3;3-5H,2H2,1H3. The first-order valence-electron chi connectivity index (χ1n) is 6.41.